The number of rotatable bonds is 1. The number of aryl methyl sites for hydroxylation is 1. The Labute approximate surface area is 70.5 Å². The molecule has 58 valence electrons. The van der Waals surface area contributed by atoms with E-state index >= 15 is 0 Å². The van der Waals surface area contributed by atoms with Crippen molar-refractivity contribution in [2.75, 3.05) is 0 Å². The molecule has 0 radical (unpaired) electrons. The lowest BCUT2D eigenvalue weighted by Gasteiger charge is -2.01. The number of halogens is 1. The van der Waals surface area contributed by atoms with E-state index in [2.05, 4.69) is 4.98 Å². The van der Waals surface area contributed by atoms with Crippen molar-refractivity contribution in [3.05, 3.63) is 18.2 Å². The van der Waals surface area contributed by atoms with Gasteiger partial charge >= 0.3 is 0 Å². The van der Waals surface area contributed by atoms with Crippen LogP contribution in [0.3, 0.4) is 0 Å². The molecule has 0 saturated carbocycles. The van der Waals surface area contributed by atoms with Crippen LogP contribution in [0.5, 0.6) is 0 Å². The molecule has 1 unspecified atom stereocenters. The summed E-state index contributed by atoms with van der Waals surface area (Å²) in [5, 5.41) is 9.01. The molecule has 1 rings (SSSR count). The lowest BCUT2D eigenvalue weighted by molar-refractivity contribution is 0.185. The van der Waals surface area contributed by atoms with Gasteiger partial charge in [0, 0.05) is 19.4 Å². The van der Waals surface area contributed by atoms with Crippen LogP contribution in [-0.2, 0) is 7.05 Å². The van der Waals surface area contributed by atoms with Gasteiger partial charge in [-0.3, -0.25) is 0 Å². The fourth-order valence-corrected chi connectivity index (χ4v) is 0.780. The Balaban J connectivity index is 0.000000810. The quantitative estimate of drug-likeness (QED) is 0.747. The average molecular weight is 207 g/mol. The highest BCUT2D eigenvalue weighted by Gasteiger charge is 2.03. The van der Waals surface area contributed by atoms with Crippen LogP contribution >= 0.6 is 17.0 Å². The lowest BCUT2D eigenvalue weighted by atomic mass is 10.4. The van der Waals surface area contributed by atoms with Crippen LogP contribution in [0.1, 0.15) is 18.9 Å². The minimum Gasteiger partial charge on any atom is -0.385 e. The SMILES string of the molecule is Br.CC(O)c1nccn1C. The molecule has 0 aliphatic carbocycles. The lowest BCUT2D eigenvalue weighted by Crippen LogP contribution is -2.00. The van der Waals surface area contributed by atoms with Gasteiger partial charge in [-0.2, -0.15) is 0 Å². The van der Waals surface area contributed by atoms with Crippen LogP contribution in [0.2, 0.25) is 0 Å². The van der Waals surface area contributed by atoms with Crippen molar-refractivity contribution in [2.45, 2.75) is 13.0 Å². The molecule has 1 N–H and O–H groups in total. The first-order valence-electron chi connectivity index (χ1n) is 2.87. The van der Waals surface area contributed by atoms with Crippen molar-refractivity contribution in [1.29, 1.82) is 0 Å². The Morgan fingerprint density at radius 2 is 2.30 bits per heavy atom. The van der Waals surface area contributed by atoms with Gasteiger partial charge in [0.25, 0.3) is 0 Å². The number of aliphatic hydroxyl groups excluding tert-OH is 1. The molecule has 0 aromatic carbocycles. The van der Waals surface area contributed by atoms with Crippen LogP contribution in [0, 0.1) is 0 Å². The summed E-state index contributed by atoms with van der Waals surface area (Å²) in [6.07, 6.45) is 3.01. The first kappa shape index (κ1) is 9.65. The predicted molar refractivity (Wildman–Crippen MR) is 44.2 cm³/mol. The maximum Gasteiger partial charge on any atom is 0.137 e. The third kappa shape index (κ3) is 1.82. The van der Waals surface area contributed by atoms with E-state index in [0.717, 1.165) is 0 Å². The summed E-state index contributed by atoms with van der Waals surface area (Å²) in [7, 11) is 1.86. The molecule has 1 atom stereocenters. The third-order valence-corrected chi connectivity index (χ3v) is 1.23. The predicted octanol–water partition coefficient (Wildman–Crippen LogP) is 1.05. The molecule has 10 heavy (non-hydrogen) atoms. The molecule has 1 aromatic rings. The molecule has 0 bridgehead atoms. The molecule has 4 heteroatoms. The van der Waals surface area contributed by atoms with Crippen molar-refractivity contribution in [3.63, 3.8) is 0 Å². The third-order valence-electron chi connectivity index (χ3n) is 1.23. The van der Waals surface area contributed by atoms with Gasteiger partial charge in [0.15, 0.2) is 0 Å². The van der Waals surface area contributed by atoms with E-state index in [1.165, 1.54) is 0 Å². The summed E-state index contributed by atoms with van der Waals surface area (Å²) >= 11 is 0. The van der Waals surface area contributed by atoms with Crippen LogP contribution in [0.4, 0.5) is 0 Å². The van der Waals surface area contributed by atoms with Gasteiger partial charge in [0.05, 0.1) is 0 Å². The van der Waals surface area contributed by atoms with Gasteiger partial charge in [0.2, 0.25) is 0 Å². The average Bonchev–Trinajstić information content (AvgIpc) is 2.13. The number of aromatic nitrogens is 2. The van der Waals surface area contributed by atoms with Crippen LogP contribution < -0.4 is 0 Å². The van der Waals surface area contributed by atoms with Crippen LogP contribution in [0.25, 0.3) is 0 Å². The van der Waals surface area contributed by atoms with Gasteiger partial charge in [0.1, 0.15) is 11.9 Å². The maximum atomic E-state index is 9.01. The molecule has 0 fully saturated rings. The van der Waals surface area contributed by atoms with Gasteiger partial charge in [-0.05, 0) is 6.92 Å². The zero-order valence-electron chi connectivity index (χ0n) is 5.98. The largest absolute Gasteiger partial charge is 0.385 e. The Morgan fingerprint density at radius 1 is 1.70 bits per heavy atom. The smallest absolute Gasteiger partial charge is 0.137 e. The van der Waals surface area contributed by atoms with E-state index in [0.29, 0.717) is 5.82 Å². The fourth-order valence-electron chi connectivity index (χ4n) is 0.780. The van der Waals surface area contributed by atoms with Crippen molar-refractivity contribution in [3.8, 4) is 0 Å². The second kappa shape index (κ2) is 3.73. The van der Waals surface area contributed by atoms with E-state index in [1.54, 1.807) is 17.7 Å². The summed E-state index contributed by atoms with van der Waals surface area (Å²) < 4.78 is 1.80. The topological polar surface area (TPSA) is 38.1 Å². The standard InChI is InChI=1S/C6H10N2O.BrH/c1-5(9)6-7-3-4-8(6)2;/h3-5,9H,1-2H3;1H. The summed E-state index contributed by atoms with van der Waals surface area (Å²) in [5.74, 6) is 0.704. The normalized spacial score (nSPS) is 12.3. The van der Waals surface area contributed by atoms with Gasteiger partial charge < -0.3 is 9.67 Å². The minimum absolute atomic E-state index is 0. The first-order valence-corrected chi connectivity index (χ1v) is 2.87. The van der Waals surface area contributed by atoms with Crippen LogP contribution in [-0.4, -0.2) is 14.7 Å². The zero-order valence-corrected chi connectivity index (χ0v) is 7.70. The van der Waals surface area contributed by atoms with E-state index in [9.17, 15) is 0 Å². The molecule has 0 aliphatic rings. The van der Waals surface area contributed by atoms with Crippen LogP contribution in [0.15, 0.2) is 12.4 Å². The molecule has 1 heterocycles. The highest BCUT2D eigenvalue weighted by Crippen LogP contribution is 2.05. The van der Waals surface area contributed by atoms with E-state index in [1.807, 2.05) is 13.2 Å². The Kier molecular flexibility index (Phi) is 3.60. The number of hydrogen-bond donors (Lipinski definition) is 1. The Morgan fingerprint density at radius 3 is 2.50 bits per heavy atom. The second-order valence-corrected chi connectivity index (χ2v) is 2.07. The number of imidazole rings is 1. The Hall–Kier alpha value is -0.350. The summed E-state index contributed by atoms with van der Waals surface area (Å²) in [5.41, 5.74) is 0. The molecule has 0 amide bonds. The van der Waals surface area contributed by atoms with Gasteiger partial charge in [-0.15, -0.1) is 17.0 Å². The van der Waals surface area contributed by atoms with Crippen molar-refractivity contribution in [1.82, 2.24) is 9.55 Å². The summed E-state index contributed by atoms with van der Waals surface area (Å²) in [4.78, 5) is 3.93. The first-order chi connectivity index (χ1) is 4.22. The number of aliphatic hydroxyl groups is 1. The van der Waals surface area contributed by atoms with Crippen molar-refractivity contribution < 1.29 is 5.11 Å². The number of hydrogen-bond acceptors (Lipinski definition) is 2. The fraction of sp³-hybridized carbons (Fsp3) is 0.500. The summed E-state index contributed by atoms with van der Waals surface area (Å²) in [6.45, 7) is 1.70. The monoisotopic (exact) mass is 206 g/mol. The van der Waals surface area contributed by atoms with Gasteiger partial charge in [-0.25, -0.2) is 4.98 Å². The van der Waals surface area contributed by atoms with E-state index in [-0.39, 0.29) is 17.0 Å². The highest BCUT2D eigenvalue weighted by atomic mass is 79.9. The Bertz CT molecular complexity index is 197. The molecular formula is C6H11BrN2O. The number of nitrogens with zero attached hydrogens (tertiary/aromatic N) is 2. The van der Waals surface area contributed by atoms with Crippen molar-refractivity contribution in [2.24, 2.45) is 7.05 Å². The molecule has 3 nitrogen and oxygen atoms in total. The molecule has 0 saturated heterocycles. The second-order valence-electron chi connectivity index (χ2n) is 2.07. The van der Waals surface area contributed by atoms with Gasteiger partial charge in [-0.1, -0.05) is 0 Å². The van der Waals surface area contributed by atoms with Crippen molar-refractivity contribution >= 4 is 17.0 Å². The molecule has 1 aromatic heterocycles. The minimum atomic E-state index is -0.468. The van der Waals surface area contributed by atoms with E-state index in [4.69, 9.17) is 5.11 Å². The highest BCUT2D eigenvalue weighted by molar-refractivity contribution is 8.93. The zero-order chi connectivity index (χ0) is 6.85. The van der Waals surface area contributed by atoms with E-state index < -0.39 is 6.10 Å². The molecule has 0 aliphatic heterocycles. The molecule has 0 spiro atoms. The maximum absolute atomic E-state index is 9.01. The summed E-state index contributed by atoms with van der Waals surface area (Å²) in [6, 6.07) is 0. The molecular weight excluding hydrogens is 196 g/mol.